The Bertz CT molecular complexity index is 657. The molecule has 0 saturated heterocycles. The van der Waals surface area contributed by atoms with Crippen molar-refractivity contribution in [3.05, 3.63) is 36.2 Å². The average molecular weight is 290 g/mol. The lowest BCUT2D eigenvalue weighted by atomic mass is 10.3. The maximum absolute atomic E-state index is 5.04. The standard InChI is InChI=1S/C7H11N3.C7H7NOS/c1-6-4-8-7(9-5-6)10(2)3;1-9-5-2-3-6-7(4-5)10-8-6/h4-5H,1-3H3;2-4,8H,1H3. The third-order valence-corrected chi connectivity index (χ3v) is 3.51. The van der Waals surface area contributed by atoms with Gasteiger partial charge in [0.25, 0.3) is 0 Å². The molecule has 0 saturated carbocycles. The number of methoxy groups -OCH3 is 1. The summed E-state index contributed by atoms with van der Waals surface area (Å²) in [5.41, 5.74) is 2.29. The Morgan fingerprint density at radius 2 is 1.90 bits per heavy atom. The van der Waals surface area contributed by atoms with Crippen LogP contribution in [0.15, 0.2) is 30.6 Å². The van der Waals surface area contributed by atoms with Crippen molar-refractivity contribution in [3.8, 4) is 5.75 Å². The maximum atomic E-state index is 5.04. The van der Waals surface area contributed by atoms with E-state index in [4.69, 9.17) is 4.74 Å². The summed E-state index contributed by atoms with van der Waals surface area (Å²) in [6.07, 6.45) is 3.62. The zero-order chi connectivity index (χ0) is 14.5. The van der Waals surface area contributed by atoms with E-state index in [1.54, 1.807) is 18.6 Å². The van der Waals surface area contributed by atoms with Crippen molar-refractivity contribution in [1.29, 1.82) is 0 Å². The fraction of sp³-hybridized carbons (Fsp3) is 0.286. The highest BCUT2D eigenvalue weighted by Crippen LogP contribution is 2.24. The number of anilines is 1. The van der Waals surface area contributed by atoms with Crippen molar-refractivity contribution in [1.82, 2.24) is 14.3 Å². The maximum Gasteiger partial charge on any atom is 0.224 e. The van der Waals surface area contributed by atoms with E-state index in [1.165, 1.54) is 10.2 Å². The molecule has 0 aliphatic rings. The molecule has 2 heterocycles. The van der Waals surface area contributed by atoms with Gasteiger partial charge in [0.2, 0.25) is 5.95 Å². The number of nitrogens with one attached hydrogen (secondary N) is 1. The molecule has 1 N–H and O–H groups in total. The lowest BCUT2D eigenvalue weighted by Gasteiger charge is -2.08. The first kappa shape index (κ1) is 14.3. The van der Waals surface area contributed by atoms with Gasteiger partial charge < -0.3 is 14.0 Å². The highest BCUT2D eigenvalue weighted by Gasteiger charge is 1.98. The third kappa shape index (κ3) is 3.48. The van der Waals surface area contributed by atoms with E-state index in [0.717, 1.165) is 17.3 Å². The monoisotopic (exact) mass is 290 g/mol. The summed E-state index contributed by atoms with van der Waals surface area (Å²) in [5.74, 6) is 1.68. The molecule has 3 aromatic rings. The molecule has 106 valence electrons. The minimum absolute atomic E-state index is 0.755. The van der Waals surface area contributed by atoms with Crippen molar-refractivity contribution in [3.63, 3.8) is 0 Å². The van der Waals surface area contributed by atoms with E-state index in [0.29, 0.717) is 0 Å². The molecule has 0 unspecified atom stereocenters. The highest BCUT2D eigenvalue weighted by molar-refractivity contribution is 7.15. The number of aryl methyl sites for hydroxylation is 1. The normalized spacial score (nSPS) is 10.0. The number of aromatic nitrogens is 3. The Hall–Kier alpha value is -2.08. The van der Waals surface area contributed by atoms with Crippen LogP contribution in [-0.4, -0.2) is 35.5 Å². The SMILES string of the molecule is COc1ccc2[nH]sc2c1.Cc1cnc(N(C)C)nc1. The molecule has 0 aliphatic heterocycles. The second-order valence-corrected chi connectivity index (χ2v) is 5.37. The van der Waals surface area contributed by atoms with Crippen LogP contribution >= 0.6 is 11.5 Å². The van der Waals surface area contributed by atoms with E-state index >= 15 is 0 Å². The molecule has 6 heteroatoms. The average Bonchev–Trinajstić information content (AvgIpc) is 2.41. The lowest BCUT2D eigenvalue weighted by molar-refractivity contribution is 0.415. The third-order valence-electron chi connectivity index (χ3n) is 2.63. The van der Waals surface area contributed by atoms with Crippen molar-refractivity contribution < 1.29 is 4.74 Å². The van der Waals surface area contributed by atoms with Crippen LogP contribution in [0.5, 0.6) is 5.75 Å². The largest absolute Gasteiger partial charge is 0.497 e. The number of aromatic amines is 1. The first-order valence-electron chi connectivity index (χ1n) is 6.17. The van der Waals surface area contributed by atoms with E-state index in [9.17, 15) is 0 Å². The first-order chi connectivity index (χ1) is 9.60. The summed E-state index contributed by atoms with van der Waals surface area (Å²) in [6, 6.07) is 5.99. The number of fused-ring (bicyclic) bond motifs is 1. The molecule has 0 radical (unpaired) electrons. The van der Waals surface area contributed by atoms with Crippen LogP contribution in [0.2, 0.25) is 0 Å². The second-order valence-electron chi connectivity index (χ2n) is 4.52. The van der Waals surface area contributed by atoms with E-state index in [2.05, 4.69) is 14.3 Å². The predicted octanol–water partition coefficient (Wildman–Crippen LogP) is 3.09. The van der Waals surface area contributed by atoms with Crippen LogP contribution in [0.3, 0.4) is 0 Å². The summed E-state index contributed by atoms with van der Waals surface area (Å²) in [7, 11) is 5.52. The molecular weight excluding hydrogens is 272 g/mol. The number of rotatable bonds is 2. The van der Waals surface area contributed by atoms with Gasteiger partial charge in [0.15, 0.2) is 0 Å². The second kappa shape index (κ2) is 6.38. The first-order valence-corrected chi connectivity index (χ1v) is 6.98. The van der Waals surface area contributed by atoms with Crippen LogP contribution < -0.4 is 9.64 Å². The molecule has 5 nitrogen and oxygen atoms in total. The predicted molar refractivity (Wildman–Crippen MR) is 83.8 cm³/mol. The lowest BCUT2D eigenvalue weighted by Crippen LogP contribution is -2.12. The van der Waals surface area contributed by atoms with Gasteiger partial charge in [-0.05, 0) is 24.6 Å². The van der Waals surface area contributed by atoms with Gasteiger partial charge in [-0.25, -0.2) is 9.97 Å². The van der Waals surface area contributed by atoms with Crippen molar-refractivity contribution >= 4 is 27.7 Å². The molecule has 20 heavy (non-hydrogen) atoms. The molecule has 0 aliphatic carbocycles. The fourth-order valence-electron chi connectivity index (χ4n) is 1.48. The number of hydrogen-bond donors (Lipinski definition) is 1. The Morgan fingerprint density at radius 1 is 1.20 bits per heavy atom. The number of benzene rings is 1. The molecule has 1 aromatic carbocycles. The number of hydrogen-bond acceptors (Lipinski definition) is 5. The van der Waals surface area contributed by atoms with E-state index in [-0.39, 0.29) is 0 Å². The van der Waals surface area contributed by atoms with Crippen LogP contribution in [0, 0.1) is 6.92 Å². The van der Waals surface area contributed by atoms with Crippen LogP contribution in [0.25, 0.3) is 10.2 Å². The Labute approximate surface area is 122 Å². The summed E-state index contributed by atoms with van der Waals surface area (Å²) in [6.45, 7) is 1.97. The Balaban J connectivity index is 0.000000147. The number of H-pyrrole nitrogens is 1. The Kier molecular flexibility index (Phi) is 4.57. The van der Waals surface area contributed by atoms with Gasteiger partial charge in [-0.2, -0.15) is 0 Å². The highest BCUT2D eigenvalue weighted by atomic mass is 32.1. The van der Waals surface area contributed by atoms with Crippen molar-refractivity contribution in [2.75, 3.05) is 26.1 Å². The van der Waals surface area contributed by atoms with Crippen LogP contribution in [-0.2, 0) is 0 Å². The number of ether oxygens (including phenoxy) is 1. The van der Waals surface area contributed by atoms with Gasteiger partial charge in [0.05, 0.1) is 17.3 Å². The topological polar surface area (TPSA) is 54.0 Å². The molecule has 0 amide bonds. The zero-order valence-corrected chi connectivity index (χ0v) is 12.9. The van der Waals surface area contributed by atoms with Gasteiger partial charge >= 0.3 is 0 Å². The Morgan fingerprint density at radius 3 is 2.35 bits per heavy atom. The van der Waals surface area contributed by atoms with Gasteiger partial charge in [0, 0.05) is 32.6 Å². The molecule has 0 atom stereocenters. The van der Waals surface area contributed by atoms with Crippen molar-refractivity contribution in [2.45, 2.75) is 6.92 Å². The zero-order valence-electron chi connectivity index (χ0n) is 12.0. The van der Waals surface area contributed by atoms with Gasteiger partial charge in [-0.3, -0.25) is 0 Å². The minimum atomic E-state index is 0.755. The van der Waals surface area contributed by atoms with Crippen LogP contribution in [0.1, 0.15) is 5.56 Å². The van der Waals surface area contributed by atoms with Crippen LogP contribution in [0.4, 0.5) is 5.95 Å². The molecule has 0 bridgehead atoms. The summed E-state index contributed by atoms with van der Waals surface area (Å²) < 4.78 is 9.41. The van der Waals surface area contributed by atoms with Crippen molar-refractivity contribution in [2.24, 2.45) is 0 Å². The number of nitrogens with zero attached hydrogens (tertiary/aromatic N) is 3. The van der Waals surface area contributed by atoms with E-state index < -0.39 is 0 Å². The molecule has 2 aromatic heterocycles. The molecular formula is C14H18N4OS. The van der Waals surface area contributed by atoms with Gasteiger partial charge in [0.1, 0.15) is 5.75 Å². The summed E-state index contributed by atoms with van der Waals surface area (Å²) in [5, 5.41) is 0. The molecule has 0 spiro atoms. The quantitative estimate of drug-likeness (QED) is 0.788. The summed E-state index contributed by atoms with van der Waals surface area (Å²) >= 11 is 1.63. The fourth-order valence-corrected chi connectivity index (χ4v) is 2.13. The molecule has 0 fully saturated rings. The minimum Gasteiger partial charge on any atom is -0.497 e. The molecule has 3 rings (SSSR count). The van der Waals surface area contributed by atoms with Gasteiger partial charge in [-0.15, -0.1) is 0 Å². The van der Waals surface area contributed by atoms with E-state index in [1.807, 2.05) is 56.5 Å². The van der Waals surface area contributed by atoms with Gasteiger partial charge in [-0.1, -0.05) is 11.5 Å². The summed E-state index contributed by atoms with van der Waals surface area (Å²) in [4.78, 5) is 10.1. The smallest absolute Gasteiger partial charge is 0.224 e.